The molecule has 0 fully saturated rings. The van der Waals surface area contributed by atoms with Crippen LogP contribution < -0.4 is 35.6 Å². The number of carboxylic acid groups (broad SMARTS) is 1. The maximum absolute atomic E-state index is 13.1. The van der Waals surface area contributed by atoms with E-state index < -0.39 is 46.7 Å². The number of phenols is 2. The number of phenolic OH excluding ortho intramolecular Hbond substituents is 1. The summed E-state index contributed by atoms with van der Waals surface area (Å²) in [4.78, 5) is 63.9. The third-order valence-electron chi connectivity index (χ3n) is 7.37. The standard InChI is InChI=1S/C34H33N5O10/c1-35-20-9-5-18(6-10-20)31(43)36-17-26(40)39(2)21-11-7-19(8-12-21)32(44)37-24-15-13-22(27(41)29(24)48-3)33(45)38-25-16-14-23(34(46)47)28(42)30(25)49-4/h5-16,35,41-42H,17H2,1-4H3,(H,36,43)(H,37,44)(H,38,45)(H,46,47). The molecule has 4 amide bonds. The molecule has 0 atom stereocenters. The van der Waals surface area contributed by atoms with Gasteiger partial charge in [0.15, 0.2) is 23.0 Å². The van der Waals surface area contributed by atoms with Gasteiger partial charge < -0.3 is 51.0 Å². The van der Waals surface area contributed by atoms with E-state index in [-0.39, 0.29) is 40.5 Å². The van der Waals surface area contributed by atoms with E-state index in [4.69, 9.17) is 9.47 Å². The van der Waals surface area contributed by atoms with E-state index in [1.807, 2.05) is 0 Å². The summed E-state index contributed by atoms with van der Waals surface area (Å²) < 4.78 is 10.3. The number of rotatable bonds is 12. The van der Waals surface area contributed by atoms with E-state index in [1.54, 1.807) is 43.4 Å². The molecule has 7 N–H and O–H groups in total. The van der Waals surface area contributed by atoms with Gasteiger partial charge in [-0.1, -0.05) is 0 Å². The minimum Gasteiger partial charge on any atom is -0.504 e. The normalized spacial score (nSPS) is 10.4. The molecule has 0 unspecified atom stereocenters. The van der Waals surface area contributed by atoms with Gasteiger partial charge in [-0.2, -0.15) is 0 Å². The van der Waals surface area contributed by atoms with Gasteiger partial charge in [-0.3, -0.25) is 19.2 Å². The minimum atomic E-state index is -1.41. The molecule has 0 aliphatic heterocycles. The van der Waals surface area contributed by atoms with Crippen molar-refractivity contribution < 1.29 is 48.8 Å². The lowest BCUT2D eigenvalue weighted by molar-refractivity contribution is -0.117. The number of nitrogens with one attached hydrogen (secondary N) is 4. The van der Waals surface area contributed by atoms with Gasteiger partial charge in [0.1, 0.15) is 5.56 Å². The Labute approximate surface area is 280 Å². The quantitative estimate of drug-likeness (QED) is 0.115. The third kappa shape index (κ3) is 7.79. The van der Waals surface area contributed by atoms with E-state index in [9.17, 15) is 39.3 Å². The van der Waals surface area contributed by atoms with Crippen LogP contribution in [0.2, 0.25) is 0 Å². The molecule has 254 valence electrons. The molecule has 0 bridgehead atoms. The average molecular weight is 672 g/mol. The second-order valence-corrected chi connectivity index (χ2v) is 10.3. The van der Waals surface area contributed by atoms with Crippen LogP contribution in [-0.2, 0) is 4.79 Å². The highest BCUT2D eigenvalue weighted by Crippen LogP contribution is 2.40. The highest BCUT2D eigenvalue weighted by atomic mass is 16.5. The molecule has 15 nitrogen and oxygen atoms in total. The van der Waals surface area contributed by atoms with Crippen molar-refractivity contribution in [2.45, 2.75) is 0 Å². The average Bonchev–Trinajstić information content (AvgIpc) is 3.10. The number of likely N-dealkylation sites (N-methyl/N-ethyl adjacent to an activating group) is 1. The zero-order valence-electron chi connectivity index (χ0n) is 26.8. The van der Waals surface area contributed by atoms with Crippen LogP contribution in [-0.4, -0.2) is 79.8 Å². The zero-order chi connectivity index (χ0) is 35.8. The molecule has 15 heteroatoms. The summed E-state index contributed by atoms with van der Waals surface area (Å²) in [5, 5.41) is 40.9. The van der Waals surface area contributed by atoms with Crippen molar-refractivity contribution >= 4 is 52.3 Å². The van der Waals surface area contributed by atoms with Crippen LogP contribution in [0.4, 0.5) is 22.7 Å². The van der Waals surface area contributed by atoms with Gasteiger partial charge in [-0.05, 0) is 72.8 Å². The largest absolute Gasteiger partial charge is 0.504 e. The number of aromatic carboxylic acids is 1. The molecule has 4 rings (SSSR count). The SMILES string of the molecule is CNc1ccc(C(=O)NCC(=O)N(C)c2ccc(C(=O)Nc3ccc(C(=O)Nc4ccc(C(=O)O)c(O)c4OC)c(O)c3OC)cc2)cc1. The Bertz CT molecular complexity index is 1910. The Morgan fingerprint density at radius 2 is 1.16 bits per heavy atom. The fourth-order valence-electron chi connectivity index (χ4n) is 4.64. The molecule has 4 aromatic rings. The Morgan fingerprint density at radius 1 is 0.673 bits per heavy atom. The van der Waals surface area contributed by atoms with Crippen molar-refractivity contribution in [1.29, 1.82) is 0 Å². The Hall–Kier alpha value is -6.77. The second kappa shape index (κ2) is 15.2. The number of ether oxygens (including phenoxy) is 2. The summed E-state index contributed by atoms with van der Waals surface area (Å²) in [5.41, 5.74) is 1.16. The molecule has 0 saturated carbocycles. The maximum atomic E-state index is 13.1. The first kappa shape index (κ1) is 35.1. The minimum absolute atomic E-state index is 0.0373. The lowest BCUT2D eigenvalue weighted by atomic mass is 10.1. The number of methoxy groups -OCH3 is 2. The van der Waals surface area contributed by atoms with Crippen molar-refractivity contribution in [1.82, 2.24) is 5.32 Å². The number of carbonyl (C=O) groups excluding carboxylic acids is 4. The predicted molar refractivity (Wildman–Crippen MR) is 180 cm³/mol. The van der Waals surface area contributed by atoms with Crippen molar-refractivity contribution in [3.8, 4) is 23.0 Å². The Morgan fingerprint density at radius 3 is 1.69 bits per heavy atom. The first-order valence-electron chi connectivity index (χ1n) is 14.5. The van der Waals surface area contributed by atoms with Crippen molar-refractivity contribution in [3.05, 3.63) is 95.1 Å². The fourth-order valence-corrected chi connectivity index (χ4v) is 4.64. The van der Waals surface area contributed by atoms with E-state index in [2.05, 4.69) is 21.3 Å². The second-order valence-electron chi connectivity index (χ2n) is 10.3. The van der Waals surface area contributed by atoms with E-state index >= 15 is 0 Å². The van der Waals surface area contributed by atoms with E-state index in [0.29, 0.717) is 11.3 Å². The number of aromatic hydroxyl groups is 2. The Kier molecular flexibility index (Phi) is 10.9. The molecule has 49 heavy (non-hydrogen) atoms. The number of carbonyl (C=O) groups is 5. The molecule has 0 radical (unpaired) electrons. The Balaban J connectivity index is 1.41. The molecule has 4 aromatic carbocycles. The summed E-state index contributed by atoms with van der Waals surface area (Å²) in [7, 11) is 5.69. The van der Waals surface area contributed by atoms with Crippen LogP contribution in [0.1, 0.15) is 41.4 Å². The summed E-state index contributed by atoms with van der Waals surface area (Å²) in [6.07, 6.45) is 0. The van der Waals surface area contributed by atoms with Crippen LogP contribution in [0.15, 0.2) is 72.8 Å². The monoisotopic (exact) mass is 671 g/mol. The number of amides is 4. The highest BCUT2D eigenvalue weighted by molar-refractivity contribution is 6.10. The van der Waals surface area contributed by atoms with Gasteiger partial charge in [0, 0.05) is 36.6 Å². The number of anilines is 4. The van der Waals surface area contributed by atoms with Crippen molar-refractivity contribution in [2.75, 3.05) is 55.7 Å². The zero-order valence-corrected chi connectivity index (χ0v) is 26.8. The van der Waals surface area contributed by atoms with Gasteiger partial charge in [-0.15, -0.1) is 0 Å². The number of carboxylic acids is 1. The van der Waals surface area contributed by atoms with Gasteiger partial charge >= 0.3 is 5.97 Å². The lowest BCUT2D eigenvalue weighted by Crippen LogP contribution is -2.38. The number of nitrogens with zero attached hydrogens (tertiary/aromatic N) is 1. The molecule has 0 aliphatic rings. The number of hydrogen-bond acceptors (Lipinski definition) is 10. The third-order valence-corrected chi connectivity index (χ3v) is 7.37. The van der Waals surface area contributed by atoms with Gasteiger partial charge in [0.05, 0.1) is 37.7 Å². The highest BCUT2D eigenvalue weighted by Gasteiger charge is 2.24. The first-order valence-corrected chi connectivity index (χ1v) is 14.5. The van der Waals surface area contributed by atoms with Gasteiger partial charge in [-0.25, -0.2) is 4.79 Å². The molecule has 0 saturated heterocycles. The van der Waals surface area contributed by atoms with Crippen molar-refractivity contribution in [2.24, 2.45) is 0 Å². The first-order chi connectivity index (χ1) is 23.4. The molecule has 0 spiro atoms. The summed E-state index contributed by atoms with van der Waals surface area (Å²) in [6.45, 7) is -0.254. The topological polar surface area (TPSA) is 216 Å². The van der Waals surface area contributed by atoms with Crippen LogP contribution in [0.5, 0.6) is 23.0 Å². The molecular weight excluding hydrogens is 638 g/mol. The summed E-state index contributed by atoms with van der Waals surface area (Å²) in [6, 6.07) is 17.6. The maximum Gasteiger partial charge on any atom is 0.339 e. The molecule has 0 aromatic heterocycles. The summed E-state index contributed by atoms with van der Waals surface area (Å²) >= 11 is 0. The summed E-state index contributed by atoms with van der Waals surface area (Å²) in [5.74, 6) is -5.48. The van der Waals surface area contributed by atoms with Crippen LogP contribution in [0.3, 0.4) is 0 Å². The predicted octanol–water partition coefficient (Wildman–Crippen LogP) is 3.75. The van der Waals surface area contributed by atoms with Crippen LogP contribution >= 0.6 is 0 Å². The van der Waals surface area contributed by atoms with Crippen LogP contribution in [0.25, 0.3) is 0 Å². The van der Waals surface area contributed by atoms with Gasteiger partial charge in [0.2, 0.25) is 5.91 Å². The number of benzene rings is 4. The van der Waals surface area contributed by atoms with E-state index in [0.717, 1.165) is 11.8 Å². The van der Waals surface area contributed by atoms with E-state index in [1.165, 1.54) is 56.5 Å². The van der Waals surface area contributed by atoms with Gasteiger partial charge in [0.25, 0.3) is 17.7 Å². The fraction of sp³-hybridized carbons (Fsp3) is 0.147. The smallest absolute Gasteiger partial charge is 0.339 e. The van der Waals surface area contributed by atoms with Crippen molar-refractivity contribution in [3.63, 3.8) is 0 Å². The molecule has 0 aliphatic carbocycles. The molecular formula is C34H33N5O10. The van der Waals surface area contributed by atoms with Crippen LogP contribution in [0, 0.1) is 0 Å². The lowest BCUT2D eigenvalue weighted by Gasteiger charge is -2.18. The molecule has 0 heterocycles. The number of hydrogen-bond donors (Lipinski definition) is 7.